The number of methoxy groups -OCH3 is 1. The molecule has 1 N–H and O–H groups in total. The lowest BCUT2D eigenvalue weighted by Gasteiger charge is -2.29. The molecule has 1 atom stereocenters. The van der Waals surface area contributed by atoms with Crippen molar-refractivity contribution in [3.8, 4) is 16.3 Å². The first kappa shape index (κ1) is 22.6. The zero-order valence-electron chi connectivity index (χ0n) is 17.1. The molecule has 3 aromatic rings. The Morgan fingerprint density at radius 2 is 1.81 bits per heavy atom. The Labute approximate surface area is 183 Å². The Morgan fingerprint density at radius 1 is 1.16 bits per heavy atom. The number of benzene rings is 2. The molecule has 31 heavy (non-hydrogen) atoms. The molecule has 0 aliphatic rings. The Hall–Kier alpha value is -3.05. The van der Waals surface area contributed by atoms with Crippen LogP contribution in [0.4, 0.5) is 15.2 Å². The van der Waals surface area contributed by atoms with E-state index < -0.39 is 27.8 Å². The van der Waals surface area contributed by atoms with Crippen LogP contribution in [-0.4, -0.2) is 43.9 Å². The van der Waals surface area contributed by atoms with Crippen LogP contribution < -0.4 is 14.4 Å². The first-order valence-corrected chi connectivity index (χ1v) is 11.9. The van der Waals surface area contributed by atoms with Crippen LogP contribution in [-0.2, 0) is 14.8 Å². The maximum Gasteiger partial charge on any atom is 0.250 e. The van der Waals surface area contributed by atoms with E-state index >= 15 is 0 Å². The first-order valence-electron chi connectivity index (χ1n) is 9.26. The van der Waals surface area contributed by atoms with Crippen LogP contribution in [0.5, 0.6) is 5.75 Å². The number of rotatable bonds is 8. The summed E-state index contributed by atoms with van der Waals surface area (Å²) >= 11 is 1.16. The topological polar surface area (TPSA) is 101 Å². The largest absolute Gasteiger partial charge is 0.497 e. The summed E-state index contributed by atoms with van der Waals surface area (Å²) in [5.74, 6) is -0.362. The quantitative estimate of drug-likeness (QED) is 0.547. The van der Waals surface area contributed by atoms with E-state index in [2.05, 4.69) is 15.5 Å². The summed E-state index contributed by atoms with van der Waals surface area (Å²) in [5, 5.41) is 11.5. The van der Waals surface area contributed by atoms with Crippen molar-refractivity contribution in [2.45, 2.75) is 19.4 Å². The average molecular weight is 465 g/mol. The van der Waals surface area contributed by atoms with Gasteiger partial charge in [0.05, 0.1) is 19.1 Å². The second kappa shape index (κ2) is 9.40. The number of aromatic nitrogens is 2. The standard InChI is InChI=1S/C20H21FN4O4S2/c1-4-17(25(31(3,27)28)15-9-7-14(21)8-10-15)18(26)22-20-24-23-19(30-20)13-5-11-16(29-2)12-6-13/h5-12,17H,4H2,1-3H3,(H,22,24,26)/t17-/m0/s1. The molecule has 0 unspecified atom stereocenters. The van der Waals surface area contributed by atoms with E-state index in [0.717, 1.165) is 39.6 Å². The zero-order valence-corrected chi connectivity index (χ0v) is 18.7. The number of ether oxygens (including phenoxy) is 1. The summed E-state index contributed by atoms with van der Waals surface area (Å²) in [5.41, 5.74) is 0.997. The average Bonchev–Trinajstić information content (AvgIpc) is 3.20. The lowest BCUT2D eigenvalue weighted by atomic mass is 10.2. The third-order valence-corrected chi connectivity index (χ3v) is 6.47. The summed E-state index contributed by atoms with van der Waals surface area (Å²) < 4.78 is 44.3. The molecule has 0 fully saturated rings. The highest BCUT2D eigenvalue weighted by Crippen LogP contribution is 2.29. The second-order valence-electron chi connectivity index (χ2n) is 6.59. The maximum absolute atomic E-state index is 13.3. The van der Waals surface area contributed by atoms with Crippen LogP contribution >= 0.6 is 11.3 Å². The van der Waals surface area contributed by atoms with Crippen LogP contribution in [0.1, 0.15) is 13.3 Å². The van der Waals surface area contributed by atoms with Crippen LogP contribution in [0, 0.1) is 5.82 Å². The minimum Gasteiger partial charge on any atom is -0.497 e. The molecular formula is C20H21FN4O4S2. The molecule has 1 aromatic heterocycles. The molecule has 11 heteroatoms. The first-order chi connectivity index (χ1) is 14.7. The van der Waals surface area contributed by atoms with Gasteiger partial charge in [-0.05, 0) is 55.0 Å². The molecule has 0 bridgehead atoms. The molecule has 1 heterocycles. The number of sulfonamides is 1. The van der Waals surface area contributed by atoms with Crippen molar-refractivity contribution in [1.29, 1.82) is 0 Å². The van der Waals surface area contributed by atoms with Crippen molar-refractivity contribution < 1.29 is 22.3 Å². The molecule has 3 rings (SSSR count). The van der Waals surface area contributed by atoms with Crippen LogP contribution in [0.25, 0.3) is 10.6 Å². The number of carbonyl (C=O) groups excluding carboxylic acids is 1. The fourth-order valence-electron chi connectivity index (χ4n) is 2.96. The van der Waals surface area contributed by atoms with E-state index in [4.69, 9.17) is 4.74 Å². The molecule has 164 valence electrons. The third kappa shape index (κ3) is 5.36. The van der Waals surface area contributed by atoms with E-state index in [-0.39, 0.29) is 17.2 Å². The van der Waals surface area contributed by atoms with Gasteiger partial charge in [0.25, 0.3) is 0 Å². The number of anilines is 2. The Balaban J connectivity index is 1.82. The SMILES string of the molecule is CC[C@@H](C(=O)Nc1nnc(-c2ccc(OC)cc2)s1)N(c1ccc(F)cc1)S(C)(=O)=O. The van der Waals surface area contributed by atoms with Crippen molar-refractivity contribution in [2.24, 2.45) is 0 Å². The van der Waals surface area contributed by atoms with Gasteiger partial charge in [-0.3, -0.25) is 14.4 Å². The molecule has 0 spiro atoms. The van der Waals surface area contributed by atoms with Crippen molar-refractivity contribution in [3.63, 3.8) is 0 Å². The molecular weight excluding hydrogens is 443 g/mol. The normalized spacial score (nSPS) is 12.3. The Kier molecular flexibility index (Phi) is 6.86. The number of nitrogens with zero attached hydrogens (tertiary/aromatic N) is 3. The predicted octanol–water partition coefficient (Wildman–Crippen LogP) is 3.54. The Morgan fingerprint density at radius 3 is 2.35 bits per heavy atom. The highest BCUT2D eigenvalue weighted by atomic mass is 32.2. The number of amides is 1. The fraction of sp³-hybridized carbons (Fsp3) is 0.250. The van der Waals surface area contributed by atoms with E-state index in [9.17, 15) is 17.6 Å². The number of hydrogen-bond donors (Lipinski definition) is 1. The zero-order chi connectivity index (χ0) is 22.6. The van der Waals surface area contributed by atoms with Gasteiger partial charge in [-0.2, -0.15) is 0 Å². The van der Waals surface area contributed by atoms with Gasteiger partial charge in [0, 0.05) is 5.56 Å². The van der Waals surface area contributed by atoms with Crippen LogP contribution in [0.3, 0.4) is 0 Å². The highest BCUT2D eigenvalue weighted by molar-refractivity contribution is 7.92. The van der Waals surface area contributed by atoms with Gasteiger partial charge in [-0.25, -0.2) is 12.8 Å². The van der Waals surface area contributed by atoms with E-state index in [1.807, 2.05) is 12.1 Å². The minimum atomic E-state index is -3.82. The van der Waals surface area contributed by atoms with Gasteiger partial charge < -0.3 is 4.74 Å². The molecule has 0 saturated heterocycles. The van der Waals surface area contributed by atoms with Crippen molar-refractivity contribution in [1.82, 2.24) is 10.2 Å². The van der Waals surface area contributed by atoms with Gasteiger partial charge in [-0.1, -0.05) is 18.3 Å². The molecule has 8 nitrogen and oxygen atoms in total. The summed E-state index contributed by atoms with van der Waals surface area (Å²) in [6.45, 7) is 1.69. The maximum atomic E-state index is 13.3. The van der Waals surface area contributed by atoms with Gasteiger partial charge in [0.2, 0.25) is 21.1 Å². The van der Waals surface area contributed by atoms with Gasteiger partial charge in [-0.15, -0.1) is 10.2 Å². The van der Waals surface area contributed by atoms with E-state index in [0.29, 0.717) is 10.8 Å². The third-order valence-electron chi connectivity index (χ3n) is 4.40. The molecule has 0 aliphatic heterocycles. The molecule has 0 saturated carbocycles. The van der Waals surface area contributed by atoms with Gasteiger partial charge in [0.1, 0.15) is 22.6 Å². The molecule has 1 amide bonds. The Bertz CT molecular complexity index is 1150. The summed E-state index contributed by atoms with van der Waals surface area (Å²) in [7, 11) is -2.25. The van der Waals surface area contributed by atoms with E-state index in [1.165, 1.54) is 12.1 Å². The van der Waals surface area contributed by atoms with Crippen molar-refractivity contribution in [3.05, 3.63) is 54.3 Å². The smallest absolute Gasteiger partial charge is 0.250 e. The molecule has 0 aliphatic carbocycles. The molecule has 0 radical (unpaired) electrons. The van der Waals surface area contributed by atoms with Gasteiger partial charge in [0.15, 0.2) is 0 Å². The predicted molar refractivity (Wildman–Crippen MR) is 118 cm³/mol. The van der Waals surface area contributed by atoms with Gasteiger partial charge >= 0.3 is 0 Å². The summed E-state index contributed by atoms with van der Waals surface area (Å²) in [6, 6.07) is 11.1. The minimum absolute atomic E-state index is 0.195. The highest BCUT2D eigenvalue weighted by Gasteiger charge is 2.32. The fourth-order valence-corrected chi connectivity index (χ4v) is 4.92. The number of halogens is 1. The number of carbonyl (C=O) groups is 1. The van der Waals surface area contributed by atoms with Crippen LogP contribution in [0.2, 0.25) is 0 Å². The lowest BCUT2D eigenvalue weighted by Crippen LogP contribution is -2.47. The van der Waals surface area contributed by atoms with Crippen LogP contribution in [0.15, 0.2) is 48.5 Å². The number of hydrogen-bond acceptors (Lipinski definition) is 7. The van der Waals surface area contributed by atoms with Crippen molar-refractivity contribution >= 4 is 38.1 Å². The number of nitrogens with one attached hydrogen (secondary N) is 1. The monoisotopic (exact) mass is 464 g/mol. The molecule has 2 aromatic carbocycles. The van der Waals surface area contributed by atoms with Crippen molar-refractivity contribution in [2.75, 3.05) is 23.0 Å². The second-order valence-corrected chi connectivity index (χ2v) is 9.43. The summed E-state index contributed by atoms with van der Waals surface area (Å²) in [6.07, 6.45) is 1.19. The summed E-state index contributed by atoms with van der Waals surface area (Å²) in [4.78, 5) is 12.9. The lowest BCUT2D eigenvalue weighted by molar-refractivity contribution is -0.117. The van der Waals surface area contributed by atoms with E-state index in [1.54, 1.807) is 26.2 Å².